The van der Waals surface area contributed by atoms with Crippen molar-refractivity contribution >= 4 is 33.0 Å². The number of anilines is 2. The summed E-state index contributed by atoms with van der Waals surface area (Å²) in [6.07, 6.45) is 0. The van der Waals surface area contributed by atoms with Gasteiger partial charge in [0.15, 0.2) is 0 Å². The minimum absolute atomic E-state index is 0.911. The fourth-order valence-electron chi connectivity index (χ4n) is 2.45. The number of nitrogens with zero attached hydrogens (tertiary/aromatic N) is 2. The molecule has 3 aromatic carbocycles. The van der Waals surface area contributed by atoms with E-state index in [-0.39, 0.29) is 0 Å². The van der Waals surface area contributed by atoms with Crippen LogP contribution in [-0.2, 0) is 0 Å². The molecule has 3 rings (SSSR count). The van der Waals surface area contributed by atoms with E-state index < -0.39 is 0 Å². The summed E-state index contributed by atoms with van der Waals surface area (Å²) in [6.45, 7) is 0. The van der Waals surface area contributed by atoms with Crippen LogP contribution < -0.4 is 10.3 Å². The Morgan fingerprint density at radius 2 is 1.40 bits per heavy atom. The lowest BCUT2D eigenvalue weighted by atomic mass is 10.0. The molecule has 0 atom stereocenters. The molecule has 0 heterocycles. The van der Waals surface area contributed by atoms with Crippen LogP contribution in [0.5, 0.6) is 0 Å². The quantitative estimate of drug-likeness (QED) is 0.465. The zero-order valence-corrected chi connectivity index (χ0v) is 15.9. The maximum Gasteiger partial charge on any atom is 0.0977 e. The second-order valence-corrected chi connectivity index (χ2v) is 6.80. The Morgan fingerprint density at radius 3 is 2.00 bits per heavy atom. The van der Waals surface area contributed by atoms with Crippen molar-refractivity contribution in [3.63, 3.8) is 0 Å². The third-order valence-corrected chi connectivity index (χ3v) is 4.37. The molecule has 0 aromatic heterocycles. The number of halogens is 1. The summed E-state index contributed by atoms with van der Waals surface area (Å²) < 4.78 is 1.05. The molecule has 0 saturated heterocycles. The summed E-state index contributed by atoms with van der Waals surface area (Å²) in [7, 11) is 4.08. The first-order chi connectivity index (χ1) is 12.1. The molecule has 25 heavy (non-hydrogen) atoms. The van der Waals surface area contributed by atoms with Crippen LogP contribution in [0.2, 0.25) is 0 Å². The topological polar surface area (TPSA) is 27.6 Å². The molecule has 0 fully saturated rings. The van der Waals surface area contributed by atoms with Gasteiger partial charge in [-0.1, -0.05) is 58.4 Å². The summed E-state index contributed by atoms with van der Waals surface area (Å²) in [5.74, 6) is 0. The van der Waals surface area contributed by atoms with Crippen LogP contribution in [0, 0.1) is 0 Å². The second kappa shape index (κ2) is 7.99. The van der Waals surface area contributed by atoms with E-state index in [4.69, 9.17) is 0 Å². The Labute approximate surface area is 157 Å². The molecule has 0 unspecified atom stereocenters. The molecule has 0 saturated carbocycles. The Hall–Kier alpha value is -2.59. The maximum atomic E-state index is 4.68. The minimum atomic E-state index is 0.911. The van der Waals surface area contributed by atoms with E-state index in [9.17, 15) is 0 Å². The fourth-order valence-corrected chi connectivity index (χ4v) is 2.72. The Morgan fingerprint density at radius 1 is 0.800 bits per heavy atom. The van der Waals surface area contributed by atoms with Crippen LogP contribution in [0.1, 0.15) is 11.1 Å². The predicted octanol–water partition coefficient (Wildman–Crippen LogP) is 5.38. The van der Waals surface area contributed by atoms with Gasteiger partial charge in [0, 0.05) is 35.4 Å². The van der Waals surface area contributed by atoms with Gasteiger partial charge in [-0.2, -0.15) is 5.10 Å². The van der Waals surface area contributed by atoms with Gasteiger partial charge in [-0.25, -0.2) is 0 Å². The largest absolute Gasteiger partial charge is 0.378 e. The molecule has 0 aliphatic heterocycles. The molecule has 3 aromatic rings. The van der Waals surface area contributed by atoms with E-state index in [1.807, 2.05) is 56.6 Å². The number of rotatable bonds is 5. The third kappa shape index (κ3) is 4.48. The van der Waals surface area contributed by atoms with Crippen LogP contribution >= 0.6 is 15.9 Å². The second-order valence-electron chi connectivity index (χ2n) is 5.89. The smallest absolute Gasteiger partial charge is 0.0977 e. The van der Waals surface area contributed by atoms with E-state index >= 15 is 0 Å². The highest BCUT2D eigenvalue weighted by molar-refractivity contribution is 9.10. The summed E-state index contributed by atoms with van der Waals surface area (Å²) in [4.78, 5) is 2.09. The molecule has 126 valence electrons. The minimum Gasteiger partial charge on any atom is -0.378 e. The molecule has 4 heteroatoms. The number of hydrogen-bond acceptors (Lipinski definition) is 3. The van der Waals surface area contributed by atoms with Gasteiger partial charge in [0.2, 0.25) is 0 Å². The van der Waals surface area contributed by atoms with E-state index in [2.05, 4.69) is 67.8 Å². The van der Waals surface area contributed by atoms with Gasteiger partial charge in [0.1, 0.15) is 0 Å². The molecule has 3 nitrogen and oxygen atoms in total. The van der Waals surface area contributed by atoms with E-state index in [0.717, 1.165) is 32.7 Å². The monoisotopic (exact) mass is 393 g/mol. The van der Waals surface area contributed by atoms with Crippen LogP contribution in [0.3, 0.4) is 0 Å². The first kappa shape index (κ1) is 17.2. The first-order valence-corrected chi connectivity index (χ1v) is 8.85. The molecular weight excluding hydrogens is 374 g/mol. The summed E-state index contributed by atoms with van der Waals surface area (Å²) >= 11 is 3.45. The highest BCUT2D eigenvalue weighted by atomic mass is 79.9. The van der Waals surface area contributed by atoms with Crippen molar-refractivity contribution in [2.75, 3.05) is 24.4 Å². The Kier molecular flexibility index (Phi) is 5.51. The van der Waals surface area contributed by atoms with Gasteiger partial charge in [-0.3, -0.25) is 5.43 Å². The average molecular weight is 394 g/mol. The molecule has 0 aliphatic carbocycles. The van der Waals surface area contributed by atoms with Crippen molar-refractivity contribution < 1.29 is 0 Å². The number of benzene rings is 3. The zero-order valence-electron chi connectivity index (χ0n) is 14.3. The summed E-state index contributed by atoms with van der Waals surface area (Å²) in [6, 6.07) is 26.6. The van der Waals surface area contributed by atoms with Crippen LogP contribution in [0.4, 0.5) is 11.4 Å². The highest BCUT2D eigenvalue weighted by Crippen LogP contribution is 2.18. The lowest BCUT2D eigenvalue weighted by Gasteiger charge is -2.14. The molecule has 0 aliphatic rings. The molecule has 0 amide bonds. The SMILES string of the molecule is CN(C)c1ccc(C(=NNc2ccc(Br)cc2)c2ccccc2)cc1. The standard InChI is InChI=1S/C21H20BrN3/c1-25(2)20-14-8-17(9-15-20)21(16-6-4-3-5-7-16)24-23-19-12-10-18(22)11-13-19/h3-15,23H,1-2H3. The Bertz CT molecular complexity index is 839. The highest BCUT2D eigenvalue weighted by Gasteiger charge is 2.08. The van der Waals surface area contributed by atoms with Crippen molar-refractivity contribution in [3.05, 3.63) is 94.5 Å². The molecular formula is C21H20BrN3. The summed E-state index contributed by atoms with van der Waals surface area (Å²) in [5, 5.41) is 4.68. The lowest BCUT2D eigenvalue weighted by Crippen LogP contribution is -2.10. The summed E-state index contributed by atoms with van der Waals surface area (Å²) in [5.41, 5.74) is 8.33. The van der Waals surface area contributed by atoms with Crippen molar-refractivity contribution in [2.45, 2.75) is 0 Å². The lowest BCUT2D eigenvalue weighted by molar-refractivity contribution is 1.13. The van der Waals surface area contributed by atoms with Gasteiger partial charge >= 0.3 is 0 Å². The van der Waals surface area contributed by atoms with Crippen LogP contribution in [0.15, 0.2) is 88.4 Å². The van der Waals surface area contributed by atoms with Crippen molar-refractivity contribution in [1.29, 1.82) is 0 Å². The number of hydrazone groups is 1. The average Bonchev–Trinajstić information content (AvgIpc) is 2.65. The Balaban J connectivity index is 1.95. The van der Waals surface area contributed by atoms with Crippen molar-refractivity contribution in [2.24, 2.45) is 5.10 Å². The van der Waals surface area contributed by atoms with Gasteiger partial charge in [0.05, 0.1) is 11.4 Å². The van der Waals surface area contributed by atoms with Gasteiger partial charge < -0.3 is 4.90 Å². The van der Waals surface area contributed by atoms with Crippen molar-refractivity contribution in [3.8, 4) is 0 Å². The number of nitrogens with one attached hydrogen (secondary N) is 1. The normalized spacial score (nSPS) is 11.2. The van der Waals surface area contributed by atoms with E-state index in [1.165, 1.54) is 0 Å². The zero-order chi connectivity index (χ0) is 17.6. The maximum absolute atomic E-state index is 4.68. The van der Waals surface area contributed by atoms with E-state index in [1.54, 1.807) is 0 Å². The molecule has 0 spiro atoms. The van der Waals surface area contributed by atoms with E-state index in [0.29, 0.717) is 0 Å². The third-order valence-electron chi connectivity index (χ3n) is 3.85. The number of hydrogen-bond donors (Lipinski definition) is 1. The fraction of sp³-hybridized carbons (Fsp3) is 0.0952. The van der Waals surface area contributed by atoms with Crippen molar-refractivity contribution in [1.82, 2.24) is 0 Å². The van der Waals surface area contributed by atoms with Crippen LogP contribution in [-0.4, -0.2) is 19.8 Å². The molecule has 0 bridgehead atoms. The van der Waals surface area contributed by atoms with Gasteiger partial charge in [0.25, 0.3) is 0 Å². The molecule has 1 N–H and O–H groups in total. The van der Waals surface area contributed by atoms with Crippen LogP contribution in [0.25, 0.3) is 0 Å². The predicted molar refractivity (Wildman–Crippen MR) is 111 cm³/mol. The first-order valence-electron chi connectivity index (χ1n) is 8.06. The van der Waals surface area contributed by atoms with Gasteiger partial charge in [-0.05, 0) is 36.4 Å². The van der Waals surface area contributed by atoms with Gasteiger partial charge in [-0.15, -0.1) is 0 Å². The molecule has 0 radical (unpaired) electrons.